The Morgan fingerprint density at radius 1 is 1.56 bits per heavy atom. The van der Waals surface area contributed by atoms with Crippen molar-refractivity contribution in [1.82, 2.24) is 5.16 Å². The van der Waals surface area contributed by atoms with Gasteiger partial charge < -0.3 is 15.6 Å². The maximum absolute atomic E-state index is 12.4. The van der Waals surface area contributed by atoms with Gasteiger partial charge in [-0.3, -0.25) is 4.79 Å². The molecule has 3 N–H and O–H groups in total. The Balaban J connectivity index is 2.80. The molecule has 1 aromatic rings. The molecule has 1 rings (SSSR count). The summed E-state index contributed by atoms with van der Waals surface area (Å²) in [6, 6.07) is 1.28. The molecule has 0 bridgehead atoms. The molecule has 1 heterocycles. The fraction of sp³-hybridized carbons (Fsp3) is 0.500. The molecule has 8 heteroatoms. The van der Waals surface area contributed by atoms with E-state index in [0.29, 0.717) is 12.7 Å². The normalized spacial score (nSPS) is 15.6. The molecule has 0 aliphatic rings. The largest absolute Gasteiger partial charge is 0.415 e. The third kappa shape index (κ3) is 2.32. The Kier molecular flexibility index (Phi) is 2.95. The number of aromatic nitrogens is 1. The molecule has 16 heavy (non-hydrogen) atoms. The lowest BCUT2D eigenvalue weighted by molar-refractivity contribution is -0.184. The first-order valence-corrected chi connectivity index (χ1v) is 4.25. The number of rotatable bonds is 2. The minimum atomic E-state index is -4.84. The summed E-state index contributed by atoms with van der Waals surface area (Å²) >= 11 is 0. The first kappa shape index (κ1) is 12.5. The van der Waals surface area contributed by atoms with Crippen LogP contribution in [0.4, 0.5) is 19.0 Å². The van der Waals surface area contributed by atoms with Gasteiger partial charge in [0.1, 0.15) is 5.76 Å². The first-order chi connectivity index (χ1) is 7.14. The highest BCUT2D eigenvalue weighted by Crippen LogP contribution is 2.28. The highest BCUT2D eigenvalue weighted by atomic mass is 19.4. The van der Waals surface area contributed by atoms with Gasteiger partial charge in [-0.25, -0.2) is 0 Å². The van der Waals surface area contributed by atoms with Gasteiger partial charge in [0.05, 0.1) is 0 Å². The molecule has 1 amide bonds. The van der Waals surface area contributed by atoms with Crippen LogP contribution < -0.4 is 11.1 Å². The van der Waals surface area contributed by atoms with Gasteiger partial charge in [-0.1, -0.05) is 5.16 Å². The van der Waals surface area contributed by atoms with E-state index in [4.69, 9.17) is 5.73 Å². The Bertz CT molecular complexity index is 397. The van der Waals surface area contributed by atoms with Gasteiger partial charge in [0.2, 0.25) is 0 Å². The lowest BCUT2D eigenvalue weighted by Crippen LogP contribution is -2.59. The minimum Gasteiger partial charge on any atom is -0.360 e. The Hall–Kier alpha value is -1.57. The van der Waals surface area contributed by atoms with Crippen LogP contribution in [0.15, 0.2) is 10.6 Å². The molecule has 0 fully saturated rings. The molecule has 90 valence electrons. The molecule has 5 nitrogen and oxygen atoms in total. The monoisotopic (exact) mass is 237 g/mol. The number of carbonyl (C=O) groups is 1. The molecule has 0 saturated heterocycles. The second-order valence-electron chi connectivity index (χ2n) is 3.48. The summed E-state index contributed by atoms with van der Waals surface area (Å²) in [6.07, 6.45) is -4.84. The Morgan fingerprint density at radius 3 is 2.50 bits per heavy atom. The molecule has 0 aliphatic carbocycles. The second kappa shape index (κ2) is 3.78. The number of aryl methyl sites for hydroxylation is 1. The van der Waals surface area contributed by atoms with Crippen molar-refractivity contribution >= 4 is 11.7 Å². The SMILES string of the molecule is Cc1cc(NC(=O)C(C)(N)C(F)(F)F)no1. The van der Waals surface area contributed by atoms with Crippen molar-refractivity contribution in [1.29, 1.82) is 0 Å². The summed E-state index contributed by atoms with van der Waals surface area (Å²) in [5.41, 5.74) is 1.92. The number of anilines is 1. The number of hydrogen-bond donors (Lipinski definition) is 2. The van der Waals surface area contributed by atoms with Crippen molar-refractivity contribution in [2.24, 2.45) is 5.73 Å². The molecule has 0 saturated carbocycles. The van der Waals surface area contributed by atoms with Crippen LogP contribution in [-0.2, 0) is 4.79 Å². The van der Waals surface area contributed by atoms with Crippen LogP contribution in [0.25, 0.3) is 0 Å². The summed E-state index contributed by atoms with van der Waals surface area (Å²) in [4.78, 5) is 11.3. The lowest BCUT2D eigenvalue weighted by Gasteiger charge is -2.25. The average Bonchev–Trinajstić information content (AvgIpc) is 2.49. The molecule has 1 atom stereocenters. The van der Waals surface area contributed by atoms with Crippen molar-refractivity contribution in [2.45, 2.75) is 25.6 Å². The number of halogens is 3. The Morgan fingerprint density at radius 2 is 2.12 bits per heavy atom. The van der Waals surface area contributed by atoms with Gasteiger partial charge in [-0.05, 0) is 13.8 Å². The maximum atomic E-state index is 12.4. The number of hydrogen-bond acceptors (Lipinski definition) is 4. The molecule has 1 aromatic heterocycles. The van der Waals surface area contributed by atoms with Gasteiger partial charge in [0, 0.05) is 6.07 Å². The van der Waals surface area contributed by atoms with Crippen LogP contribution in [0.3, 0.4) is 0 Å². The summed E-state index contributed by atoms with van der Waals surface area (Å²) in [7, 11) is 0. The van der Waals surface area contributed by atoms with Crippen LogP contribution in [-0.4, -0.2) is 22.8 Å². The molecule has 1 unspecified atom stereocenters. The van der Waals surface area contributed by atoms with Crippen molar-refractivity contribution in [2.75, 3.05) is 5.32 Å². The van der Waals surface area contributed by atoms with Crippen LogP contribution in [0.5, 0.6) is 0 Å². The molecular formula is C8H10F3N3O2. The summed E-state index contributed by atoms with van der Waals surface area (Å²) in [5, 5.41) is 5.24. The summed E-state index contributed by atoms with van der Waals surface area (Å²) in [6.45, 7) is 2.11. The summed E-state index contributed by atoms with van der Waals surface area (Å²) in [5.74, 6) is -1.14. The van der Waals surface area contributed by atoms with Gasteiger partial charge in [0.25, 0.3) is 5.91 Å². The van der Waals surface area contributed by atoms with Crippen molar-refractivity contribution < 1.29 is 22.5 Å². The number of alkyl halides is 3. The fourth-order valence-corrected chi connectivity index (χ4v) is 0.800. The van der Waals surface area contributed by atoms with E-state index in [1.807, 2.05) is 5.32 Å². The van der Waals surface area contributed by atoms with Crippen LogP contribution in [0.1, 0.15) is 12.7 Å². The van der Waals surface area contributed by atoms with Gasteiger partial charge in [-0.2, -0.15) is 13.2 Å². The van der Waals surface area contributed by atoms with Gasteiger partial charge in [-0.15, -0.1) is 0 Å². The van der Waals surface area contributed by atoms with Crippen LogP contribution in [0, 0.1) is 6.92 Å². The predicted octanol–water partition coefficient (Wildman–Crippen LogP) is 1.20. The highest BCUT2D eigenvalue weighted by molar-refractivity contribution is 5.97. The highest BCUT2D eigenvalue weighted by Gasteiger charge is 2.54. The summed E-state index contributed by atoms with van der Waals surface area (Å²) < 4.78 is 41.7. The van der Waals surface area contributed by atoms with Crippen LogP contribution in [0.2, 0.25) is 0 Å². The molecule has 0 spiro atoms. The minimum absolute atomic E-state index is 0.108. The van der Waals surface area contributed by atoms with Crippen molar-refractivity contribution in [3.63, 3.8) is 0 Å². The predicted molar refractivity (Wildman–Crippen MR) is 48.5 cm³/mol. The van der Waals surface area contributed by atoms with E-state index < -0.39 is 17.6 Å². The standard InChI is InChI=1S/C8H10F3N3O2/c1-4-3-5(14-16-4)13-6(15)7(2,12)8(9,10)11/h3H,12H2,1-2H3,(H,13,14,15). The number of carbonyl (C=O) groups excluding carboxylic acids is 1. The third-order valence-corrected chi connectivity index (χ3v) is 1.93. The number of nitrogens with two attached hydrogens (primary N) is 1. The van der Waals surface area contributed by atoms with Gasteiger partial charge in [0.15, 0.2) is 11.4 Å². The average molecular weight is 237 g/mol. The first-order valence-electron chi connectivity index (χ1n) is 4.25. The maximum Gasteiger partial charge on any atom is 0.415 e. The molecule has 0 aliphatic heterocycles. The second-order valence-corrected chi connectivity index (χ2v) is 3.48. The topological polar surface area (TPSA) is 81.2 Å². The zero-order valence-corrected chi connectivity index (χ0v) is 8.55. The fourth-order valence-electron chi connectivity index (χ4n) is 0.800. The van der Waals surface area contributed by atoms with E-state index >= 15 is 0 Å². The smallest absolute Gasteiger partial charge is 0.360 e. The number of amides is 1. The van der Waals surface area contributed by atoms with Gasteiger partial charge >= 0.3 is 6.18 Å². The van der Waals surface area contributed by atoms with E-state index in [1.165, 1.54) is 13.0 Å². The van der Waals surface area contributed by atoms with E-state index in [1.54, 1.807) is 0 Å². The van der Waals surface area contributed by atoms with E-state index in [9.17, 15) is 18.0 Å². The quantitative estimate of drug-likeness (QED) is 0.809. The third-order valence-electron chi connectivity index (χ3n) is 1.93. The van der Waals surface area contributed by atoms with E-state index in [0.717, 1.165) is 0 Å². The molecule has 0 radical (unpaired) electrons. The molecular weight excluding hydrogens is 227 g/mol. The zero-order valence-electron chi connectivity index (χ0n) is 8.55. The van der Waals surface area contributed by atoms with Crippen LogP contribution >= 0.6 is 0 Å². The van der Waals surface area contributed by atoms with Crippen molar-refractivity contribution in [3.8, 4) is 0 Å². The van der Waals surface area contributed by atoms with E-state index in [-0.39, 0.29) is 5.82 Å². The van der Waals surface area contributed by atoms with Crippen molar-refractivity contribution in [3.05, 3.63) is 11.8 Å². The number of nitrogens with zero attached hydrogens (tertiary/aromatic N) is 1. The van der Waals surface area contributed by atoms with E-state index in [2.05, 4.69) is 9.68 Å². The lowest BCUT2D eigenvalue weighted by atomic mass is 10.0. The Labute approximate surface area is 88.8 Å². The number of nitrogens with one attached hydrogen (secondary N) is 1. The molecule has 0 aromatic carbocycles. The zero-order chi connectivity index (χ0) is 12.6.